The summed E-state index contributed by atoms with van der Waals surface area (Å²) >= 11 is 0. The van der Waals surface area contributed by atoms with E-state index in [2.05, 4.69) is 25.4 Å². The van der Waals surface area contributed by atoms with Gasteiger partial charge in [-0.05, 0) is 49.4 Å². The van der Waals surface area contributed by atoms with Gasteiger partial charge in [-0.1, -0.05) is 13.3 Å². The Bertz CT molecular complexity index is 827. The predicted molar refractivity (Wildman–Crippen MR) is 97.4 cm³/mol. The summed E-state index contributed by atoms with van der Waals surface area (Å²) in [6.45, 7) is 2.99. The molecule has 2 atom stereocenters. The number of amides is 2. The van der Waals surface area contributed by atoms with E-state index in [0.29, 0.717) is 11.6 Å². The van der Waals surface area contributed by atoms with Crippen molar-refractivity contribution in [1.29, 1.82) is 0 Å². The molecular weight excluding hydrogens is 330 g/mol. The summed E-state index contributed by atoms with van der Waals surface area (Å²) in [6, 6.07) is 7.52. The van der Waals surface area contributed by atoms with E-state index < -0.39 is 11.8 Å². The Morgan fingerprint density at radius 3 is 2.58 bits per heavy atom. The van der Waals surface area contributed by atoms with Gasteiger partial charge in [0.15, 0.2) is 5.82 Å². The largest absolute Gasteiger partial charge is 0.345 e. The summed E-state index contributed by atoms with van der Waals surface area (Å²) < 4.78 is 2.19. The van der Waals surface area contributed by atoms with Gasteiger partial charge in [0.2, 0.25) is 0 Å². The molecule has 1 aliphatic heterocycles. The topological polar surface area (TPSA) is 88.9 Å². The summed E-state index contributed by atoms with van der Waals surface area (Å²) in [5.41, 5.74) is 1.55. The number of rotatable bonds is 3. The molecule has 2 amide bonds. The molecule has 2 heterocycles. The number of hydrogen-bond donors (Lipinski definition) is 2. The zero-order chi connectivity index (χ0) is 18.1. The molecule has 7 heteroatoms. The number of anilines is 1. The van der Waals surface area contributed by atoms with E-state index in [-0.39, 0.29) is 6.04 Å². The number of nitrogens with one attached hydrogen (secondary N) is 2. The summed E-state index contributed by atoms with van der Waals surface area (Å²) in [7, 11) is 0. The Hall–Kier alpha value is -2.70. The van der Waals surface area contributed by atoms with Crippen LogP contribution in [0, 0.1) is 5.92 Å². The standard InChI is InChI=1S/C19H23N5O2/c1-12-11-15(12)21-19(26)18(25)20-14-8-6-13(7-9-14)17-23-22-16-5-3-2-4-10-24(16)17/h6-9,12,15H,2-5,10-11H2,1H3,(H,20,25)(H,21,26). The zero-order valence-corrected chi connectivity index (χ0v) is 14.9. The maximum atomic E-state index is 12.0. The summed E-state index contributed by atoms with van der Waals surface area (Å²) in [4.78, 5) is 23.8. The maximum Gasteiger partial charge on any atom is 0.313 e. The average Bonchev–Trinajstić information content (AvgIpc) is 3.27. The SMILES string of the molecule is CC1CC1NC(=O)C(=O)Nc1ccc(-c2nnc3n2CCCCC3)cc1. The van der Waals surface area contributed by atoms with Gasteiger partial charge in [0, 0.05) is 30.3 Å². The van der Waals surface area contributed by atoms with Crippen molar-refractivity contribution >= 4 is 17.5 Å². The van der Waals surface area contributed by atoms with Crippen LogP contribution in [0.25, 0.3) is 11.4 Å². The van der Waals surface area contributed by atoms with Gasteiger partial charge < -0.3 is 15.2 Å². The molecule has 2 aliphatic rings. The highest BCUT2D eigenvalue weighted by molar-refractivity contribution is 6.39. The lowest BCUT2D eigenvalue weighted by Gasteiger charge is -2.09. The van der Waals surface area contributed by atoms with Crippen LogP contribution in [-0.4, -0.2) is 32.6 Å². The molecule has 136 valence electrons. The first-order valence-electron chi connectivity index (χ1n) is 9.26. The number of carbonyl (C=O) groups excluding carboxylic acids is 2. The predicted octanol–water partition coefficient (Wildman–Crippen LogP) is 2.13. The summed E-state index contributed by atoms with van der Waals surface area (Å²) in [5.74, 6) is 1.16. The van der Waals surface area contributed by atoms with Crippen LogP contribution >= 0.6 is 0 Å². The second-order valence-corrected chi connectivity index (χ2v) is 7.23. The zero-order valence-electron chi connectivity index (χ0n) is 14.9. The van der Waals surface area contributed by atoms with Crippen molar-refractivity contribution in [2.75, 3.05) is 5.32 Å². The molecule has 0 radical (unpaired) electrons. The first-order valence-corrected chi connectivity index (χ1v) is 9.26. The van der Waals surface area contributed by atoms with Crippen LogP contribution < -0.4 is 10.6 Å². The van der Waals surface area contributed by atoms with Crippen molar-refractivity contribution in [2.45, 2.75) is 51.6 Å². The van der Waals surface area contributed by atoms with Gasteiger partial charge in [0.25, 0.3) is 0 Å². The summed E-state index contributed by atoms with van der Waals surface area (Å²) in [5, 5.41) is 14.0. The van der Waals surface area contributed by atoms with Crippen LogP contribution in [0.2, 0.25) is 0 Å². The van der Waals surface area contributed by atoms with Crippen LogP contribution in [0.3, 0.4) is 0 Å². The molecule has 1 aromatic heterocycles. The van der Waals surface area contributed by atoms with Gasteiger partial charge in [-0.3, -0.25) is 9.59 Å². The molecule has 4 rings (SSSR count). The Morgan fingerprint density at radius 2 is 1.85 bits per heavy atom. The molecule has 2 N–H and O–H groups in total. The van der Waals surface area contributed by atoms with E-state index in [1.54, 1.807) is 12.1 Å². The minimum absolute atomic E-state index is 0.138. The van der Waals surface area contributed by atoms with Gasteiger partial charge in [0.05, 0.1) is 0 Å². The molecule has 26 heavy (non-hydrogen) atoms. The molecule has 0 bridgehead atoms. The Labute approximate surface area is 152 Å². The highest BCUT2D eigenvalue weighted by Gasteiger charge is 2.35. The average molecular weight is 353 g/mol. The Kier molecular flexibility index (Phi) is 4.44. The highest BCUT2D eigenvalue weighted by atomic mass is 16.2. The molecule has 0 saturated heterocycles. The maximum absolute atomic E-state index is 12.0. The van der Waals surface area contributed by atoms with Crippen LogP contribution in [0.15, 0.2) is 24.3 Å². The Balaban J connectivity index is 1.43. The van der Waals surface area contributed by atoms with Crippen LogP contribution in [0.1, 0.15) is 38.4 Å². The third-order valence-electron chi connectivity index (χ3n) is 5.14. The number of benzene rings is 1. The molecule has 1 saturated carbocycles. The molecule has 1 aromatic carbocycles. The second kappa shape index (κ2) is 6.90. The molecule has 2 aromatic rings. The van der Waals surface area contributed by atoms with Crippen molar-refractivity contribution in [3.8, 4) is 11.4 Å². The molecule has 1 aliphatic carbocycles. The van der Waals surface area contributed by atoms with Gasteiger partial charge in [-0.15, -0.1) is 10.2 Å². The first-order chi connectivity index (χ1) is 12.6. The minimum Gasteiger partial charge on any atom is -0.345 e. The number of aromatic nitrogens is 3. The third kappa shape index (κ3) is 3.47. The third-order valence-corrected chi connectivity index (χ3v) is 5.14. The Morgan fingerprint density at radius 1 is 1.08 bits per heavy atom. The van der Waals surface area contributed by atoms with Gasteiger partial charge in [0.1, 0.15) is 5.82 Å². The molecular formula is C19H23N5O2. The lowest BCUT2D eigenvalue weighted by Crippen LogP contribution is -2.37. The van der Waals surface area contributed by atoms with Crippen LogP contribution in [0.4, 0.5) is 5.69 Å². The van der Waals surface area contributed by atoms with E-state index >= 15 is 0 Å². The van der Waals surface area contributed by atoms with E-state index in [1.165, 1.54) is 6.42 Å². The van der Waals surface area contributed by atoms with E-state index in [4.69, 9.17) is 0 Å². The fourth-order valence-electron chi connectivity index (χ4n) is 3.35. The van der Waals surface area contributed by atoms with Crippen molar-refractivity contribution < 1.29 is 9.59 Å². The number of hydrogen-bond acceptors (Lipinski definition) is 4. The first kappa shape index (κ1) is 16.8. The molecule has 7 nitrogen and oxygen atoms in total. The molecule has 0 spiro atoms. The number of fused-ring (bicyclic) bond motifs is 1. The van der Waals surface area contributed by atoms with Crippen LogP contribution in [-0.2, 0) is 22.6 Å². The number of nitrogens with zero attached hydrogens (tertiary/aromatic N) is 3. The minimum atomic E-state index is -0.631. The van der Waals surface area contributed by atoms with E-state index in [1.807, 2.05) is 19.1 Å². The van der Waals surface area contributed by atoms with E-state index in [0.717, 1.165) is 49.4 Å². The van der Waals surface area contributed by atoms with Crippen molar-refractivity contribution in [1.82, 2.24) is 20.1 Å². The highest BCUT2D eigenvalue weighted by Crippen LogP contribution is 2.29. The van der Waals surface area contributed by atoms with Gasteiger partial charge >= 0.3 is 11.8 Å². The molecule has 2 unspecified atom stereocenters. The fourth-order valence-corrected chi connectivity index (χ4v) is 3.35. The van der Waals surface area contributed by atoms with Crippen LogP contribution in [0.5, 0.6) is 0 Å². The number of aryl methyl sites for hydroxylation is 1. The van der Waals surface area contributed by atoms with Gasteiger partial charge in [-0.2, -0.15) is 0 Å². The quantitative estimate of drug-likeness (QED) is 0.828. The van der Waals surface area contributed by atoms with Crippen molar-refractivity contribution in [2.24, 2.45) is 5.92 Å². The lowest BCUT2D eigenvalue weighted by atomic mass is 10.2. The molecule has 1 fully saturated rings. The lowest BCUT2D eigenvalue weighted by molar-refractivity contribution is -0.136. The fraction of sp³-hybridized carbons (Fsp3) is 0.474. The monoisotopic (exact) mass is 353 g/mol. The van der Waals surface area contributed by atoms with Gasteiger partial charge in [-0.25, -0.2) is 0 Å². The van der Waals surface area contributed by atoms with Crippen molar-refractivity contribution in [3.05, 3.63) is 30.1 Å². The normalized spacial score (nSPS) is 21.4. The smallest absolute Gasteiger partial charge is 0.313 e. The second-order valence-electron chi connectivity index (χ2n) is 7.23. The van der Waals surface area contributed by atoms with Crippen molar-refractivity contribution in [3.63, 3.8) is 0 Å². The number of carbonyl (C=O) groups is 2. The van der Waals surface area contributed by atoms with E-state index in [9.17, 15) is 9.59 Å². The summed E-state index contributed by atoms with van der Waals surface area (Å²) in [6.07, 6.45) is 5.42.